The third-order valence-corrected chi connectivity index (χ3v) is 2.34. The van der Waals surface area contributed by atoms with Gasteiger partial charge in [0.2, 0.25) is 5.91 Å². The molecule has 98 valence electrons. The molecule has 0 aromatic carbocycles. The third kappa shape index (κ3) is 5.62. The first-order valence-corrected chi connectivity index (χ1v) is 5.43. The Morgan fingerprint density at radius 2 is 2.12 bits per heavy atom. The first-order chi connectivity index (χ1) is 8.02. The monoisotopic (exact) mass is 246 g/mol. The molecule has 7 heteroatoms. The predicted octanol–water partition coefficient (Wildman–Crippen LogP) is -1.42. The van der Waals surface area contributed by atoms with E-state index < -0.39 is 5.97 Å². The van der Waals surface area contributed by atoms with Crippen molar-refractivity contribution in [2.24, 2.45) is 0 Å². The predicted molar refractivity (Wildman–Crippen MR) is 58.7 cm³/mol. The molecule has 1 amide bonds. The van der Waals surface area contributed by atoms with Gasteiger partial charge < -0.3 is 25.2 Å². The summed E-state index contributed by atoms with van der Waals surface area (Å²) in [6.07, 6.45) is 0. The van der Waals surface area contributed by atoms with Gasteiger partial charge in [0.25, 0.3) is 0 Å². The maximum absolute atomic E-state index is 11.3. The molecule has 1 aliphatic rings. The van der Waals surface area contributed by atoms with Crippen LogP contribution in [0.3, 0.4) is 0 Å². The van der Waals surface area contributed by atoms with E-state index in [1.54, 1.807) is 0 Å². The second-order valence-electron chi connectivity index (χ2n) is 4.14. The number of aliphatic carboxylic acids is 1. The fourth-order valence-corrected chi connectivity index (χ4v) is 1.29. The lowest BCUT2D eigenvalue weighted by Gasteiger charge is -2.38. The average Bonchev–Trinajstić information content (AvgIpc) is 2.23. The minimum atomic E-state index is -1.02. The van der Waals surface area contributed by atoms with E-state index in [2.05, 4.69) is 10.6 Å². The minimum absolute atomic E-state index is 0.0110. The van der Waals surface area contributed by atoms with Crippen molar-refractivity contribution in [3.8, 4) is 0 Å². The Kier molecular flexibility index (Phi) is 5.33. The SMILES string of the molecule is CC1(OCC(=O)NCCOCC(=O)O)CNC1. The van der Waals surface area contributed by atoms with Crippen LogP contribution in [0.4, 0.5) is 0 Å². The molecule has 0 unspecified atom stereocenters. The smallest absolute Gasteiger partial charge is 0.329 e. The summed E-state index contributed by atoms with van der Waals surface area (Å²) < 4.78 is 10.2. The van der Waals surface area contributed by atoms with E-state index in [0.29, 0.717) is 0 Å². The van der Waals surface area contributed by atoms with Crippen LogP contribution in [0.2, 0.25) is 0 Å². The van der Waals surface area contributed by atoms with Gasteiger partial charge in [-0.2, -0.15) is 0 Å². The molecule has 1 rings (SSSR count). The second kappa shape index (κ2) is 6.53. The number of hydrogen-bond acceptors (Lipinski definition) is 5. The summed E-state index contributed by atoms with van der Waals surface area (Å²) in [5.41, 5.74) is -0.239. The van der Waals surface area contributed by atoms with Crippen LogP contribution in [0.5, 0.6) is 0 Å². The molecule has 1 heterocycles. The topological polar surface area (TPSA) is 96.9 Å². The Labute approximate surface area is 99.5 Å². The van der Waals surface area contributed by atoms with Crippen molar-refractivity contribution >= 4 is 11.9 Å². The highest BCUT2D eigenvalue weighted by atomic mass is 16.5. The Hall–Kier alpha value is -1.18. The fraction of sp³-hybridized carbons (Fsp3) is 0.800. The van der Waals surface area contributed by atoms with E-state index in [0.717, 1.165) is 13.1 Å². The molecule has 1 saturated heterocycles. The molecule has 0 aromatic heterocycles. The molecule has 1 aliphatic heterocycles. The van der Waals surface area contributed by atoms with Crippen LogP contribution < -0.4 is 10.6 Å². The highest BCUT2D eigenvalue weighted by Gasteiger charge is 2.32. The number of hydrogen-bond donors (Lipinski definition) is 3. The number of amides is 1. The van der Waals surface area contributed by atoms with Gasteiger partial charge in [-0.1, -0.05) is 0 Å². The van der Waals surface area contributed by atoms with Gasteiger partial charge >= 0.3 is 5.97 Å². The number of ether oxygens (including phenoxy) is 2. The second-order valence-corrected chi connectivity index (χ2v) is 4.14. The molecule has 1 fully saturated rings. The first kappa shape index (κ1) is 13.9. The summed E-state index contributed by atoms with van der Waals surface area (Å²) in [5, 5.41) is 13.9. The van der Waals surface area contributed by atoms with Crippen molar-refractivity contribution < 1.29 is 24.2 Å². The number of carboxylic acids is 1. The molecule has 7 nitrogen and oxygen atoms in total. The summed E-state index contributed by atoms with van der Waals surface area (Å²) in [6, 6.07) is 0. The standard InChI is InChI=1S/C10H18N2O5/c1-10(6-11-7-10)17-4-8(13)12-2-3-16-5-9(14)15/h11H,2-7H2,1H3,(H,12,13)(H,14,15). The van der Waals surface area contributed by atoms with Gasteiger partial charge in [-0.05, 0) is 6.92 Å². The van der Waals surface area contributed by atoms with E-state index in [1.807, 2.05) is 6.92 Å². The highest BCUT2D eigenvalue weighted by molar-refractivity contribution is 5.77. The van der Waals surface area contributed by atoms with Gasteiger partial charge in [0.05, 0.1) is 12.2 Å². The zero-order chi connectivity index (χ0) is 12.7. The number of carbonyl (C=O) groups is 2. The lowest BCUT2D eigenvalue weighted by Crippen LogP contribution is -2.59. The third-order valence-electron chi connectivity index (χ3n) is 2.34. The van der Waals surface area contributed by atoms with Crippen molar-refractivity contribution in [1.29, 1.82) is 0 Å². The molecule has 0 atom stereocenters. The number of carbonyl (C=O) groups excluding carboxylic acids is 1. The van der Waals surface area contributed by atoms with Gasteiger partial charge in [-0.25, -0.2) is 4.79 Å². The van der Waals surface area contributed by atoms with E-state index in [-0.39, 0.29) is 37.9 Å². The van der Waals surface area contributed by atoms with Crippen molar-refractivity contribution in [1.82, 2.24) is 10.6 Å². The number of carboxylic acid groups (broad SMARTS) is 1. The van der Waals surface area contributed by atoms with E-state index >= 15 is 0 Å². The molecule has 0 radical (unpaired) electrons. The van der Waals surface area contributed by atoms with Crippen molar-refractivity contribution in [2.45, 2.75) is 12.5 Å². The Bertz CT molecular complexity index is 278. The van der Waals surface area contributed by atoms with Gasteiger partial charge in [-0.3, -0.25) is 4.79 Å². The van der Waals surface area contributed by atoms with Crippen LogP contribution in [0.15, 0.2) is 0 Å². The highest BCUT2D eigenvalue weighted by Crippen LogP contribution is 2.14. The summed E-state index contributed by atoms with van der Waals surface area (Å²) >= 11 is 0. The average molecular weight is 246 g/mol. The summed E-state index contributed by atoms with van der Waals surface area (Å²) in [4.78, 5) is 21.4. The lowest BCUT2D eigenvalue weighted by atomic mass is 10.0. The molecule has 3 N–H and O–H groups in total. The largest absolute Gasteiger partial charge is 0.480 e. The maximum atomic E-state index is 11.3. The normalized spacial score (nSPS) is 17.2. The molecular weight excluding hydrogens is 228 g/mol. The van der Waals surface area contributed by atoms with Crippen LogP contribution in [0.25, 0.3) is 0 Å². The van der Waals surface area contributed by atoms with Crippen molar-refractivity contribution in [2.75, 3.05) is 39.5 Å². The summed E-state index contributed by atoms with van der Waals surface area (Å²) in [5.74, 6) is -1.25. The van der Waals surface area contributed by atoms with Crippen molar-refractivity contribution in [3.05, 3.63) is 0 Å². The molecule has 0 saturated carbocycles. The number of rotatable bonds is 8. The van der Waals surface area contributed by atoms with Crippen LogP contribution in [-0.2, 0) is 19.1 Å². The van der Waals surface area contributed by atoms with E-state index in [1.165, 1.54) is 0 Å². The Morgan fingerprint density at radius 1 is 1.41 bits per heavy atom. The lowest BCUT2D eigenvalue weighted by molar-refractivity contribution is -0.142. The van der Waals surface area contributed by atoms with Gasteiger partial charge in [0, 0.05) is 19.6 Å². The van der Waals surface area contributed by atoms with Crippen LogP contribution in [0, 0.1) is 0 Å². The summed E-state index contributed by atoms with van der Waals surface area (Å²) in [7, 11) is 0. The summed E-state index contributed by atoms with van der Waals surface area (Å²) in [6.45, 7) is 3.56. The minimum Gasteiger partial charge on any atom is -0.480 e. The van der Waals surface area contributed by atoms with Gasteiger partial charge in [0.1, 0.15) is 13.2 Å². The molecule has 0 aromatic rings. The molecule has 0 aliphatic carbocycles. The maximum Gasteiger partial charge on any atom is 0.329 e. The van der Waals surface area contributed by atoms with E-state index in [4.69, 9.17) is 14.6 Å². The Morgan fingerprint density at radius 3 is 2.65 bits per heavy atom. The molecule has 0 bridgehead atoms. The van der Waals surface area contributed by atoms with E-state index in [9.17, 15) is 9.59 Å². The zero-order valence-corrected chi connectivity index (χ0v) is 9.82. The number of nitrogens with one attached hydrogen (secondary N) is 2. The fourth-order valence-electron chi connectivity index (χ4n) is 1.29. The van der Waals surface area contributed by atoms with Crippen LogP contribution >= 0.6 is 0 Å². The van der Waals surface area contributed by atoms with Crippen LogP contribution in [-0.4, -0.2) is 62.0 Å². The molecular formula is C10H18N2O5. The Balaban J connectivity index is 1.96. The quantitative estimate of drug-likeness (QED) is 0.455. The van der Waals surface area contributed by atoms with Crippen molar-refractivity contribution in [3.63, 3.8) is 0 Å². The van der Waals surface area contributed by atoms with Crippen LogP contribution in [0.1, 0.15) is 6.92 Å². The van der Waals surface area contributed by atoms with Gasteiger partial charge in [0.15, 0.2) is 0 Å². The molecule has 0 spiro atoms. The van der Waals surface area contributed by atoms with Gasteiger partial charge in [-0.15, -0.1) is 0 Å². The zero-order valence-electron chi connectivity index (χ0n) is 9.82. The first-order valence-electron chi connectivity index (χ1n) is 5.43. The molecule has 17 heavy (non-hydrogen) atoms.